The number of amides is 2. The topological polar surface area (TPSA) is 98.3 Å². The Morgan fingerprint density at radius 1 is 1.36 bits per heavy atom. The van der Waals surface area contributed by atoms with Crippen molar-refractivity contribution in [1.82, 2.24) is 29.9 Å². The summed E-state index contributed by atoms with van der Waals surface area (Å²) in [6.07, 6.45) is 3.62. The van der Waals surface area contributed by atoms with Crippen molar-refractivity contribution in [2.24, 2.45) is 0 Å². The summed E-state index contributed by atoms with van der Waals surface area (Å²) >= 11 is 0. The van der Waals surface area contributed by atoms with Crippen LogP contribution in [0.5, 0.6) is 5.75 Å². The van der Waals surface area contributed by atoms with Crippen LogP contribution in [-0.4, -0.2) is 44.8 Å². The van der Waals surface area contributed by atoms with Crippen molar-refractivity contribution in [2.45, 2.75) is 33.0 Å². The predicted octanol–water partition coefficient (Wildman–Crippen LogP) is 2.86. The highest BCUT2D eigenvalue weighted by Crippen LogP contribution is 2.21. The highest BCUT2D eigenvalue weighted by molar-refractivity contribution is 5.74. The number of urea groups is 1. The summed E-state index contributed by atoms with van der Waals surface area (Å²) in [5.74, 6) is 2.37. The molecule has 0 radical (unpaired) electrons. The van der Waals surface area contributed by atoms with Crippen LogP contribution in [0.1, 0.15) is 31.6 Å². The van der Waals surface area contributed by atoms with Gasteiger partial charge >= 0.3 is 6.03 Å². The summed E-state index contributed by atoms with van der Waals surface area (Å²) in [5.41, 5.74) is 0.804. The highest BCUT2D eigenvalue weighted by atomic mass is 16.5. The van der Waals surface area contributed by atoms with Gasteiger partial charge in [-0.3, -0.25) is 0 Å². The molecule has 9 heteroatoms. The number of hydrogen-bond acceptors (Lipinski definition) is 6. The lowest BCUT2D eigenvalue weighted by Gasteiger charge is -2.20. The van der Waals surface area contributed by atoms with Gasteiger partial charge in [0.15, 0.2) is 0 Å². The smallest absolute Gasteiger partial charge is 0.318 e. The number of aryl methyl sites for hydroxylation is 1. The third-order valence-electron chi connectivity index (χ3n) is 4.37. The Labute approximate surface area is 163 Å². The number of methoxy groups -OCH3 is 1. The van der Waals surface area contributed by atoms with Gasteiger partial charge in [-0.2, -0.15) is 4.98 Å². The van der Waals surface area contributed by atoms with Gasteiger partial charge in [0.05, 0.1) is 13.7 Å². The van der Waals surface area contributed by atoms with Gasteiger partial charge in [-0.1, -0.05) is 5.16 Å². The molecule has 3 rings (SSSR count). The van der Waals surface area contributed by atoms with Gasteiger partial charge in [-0.15, -0.1) is 0 Å². The number of carbonyl (C=O) groups excluding carboxylic acids is 1. The number of carbonyl (C=O) groups is 1. The summed E-state index contributed by atoms with van der Waals surface area (Å²) in [4.78, 5) is 22.7. The summed E-state index contributed by atoms with van der Waals surface area (Å²) in [6, 6.07) is 6.67. The first-order valence-electron chi connectivity index (χ1n) is 9.01. The fraction of sp³-hybridized carbons (Fsp3) is 0.368. The Balaban J connectivity index is 1.61. The van der Waals surface area contributed by atoms with Crippen molar-refractivity contribution in [3.63, 3.8) is 0 Å². The lowest BCUT2D eigenvalue weighted by atomic mass is 10.2. The third-order valence-corrected chi connectivity index (χ3v) is 4.37. The lowest BCUT2D eigenvalue weighted by molar-refractivity contribution is 0.198. The second-order valence-corrected chi connectivity index (χ2v) is 6.34. The molecule has 0 aliphatic carbocycles. The number of benzene rings is 1. The van der Waals surface area contributed by atoms with E-state index in [1.807, 2.05) is 42.0 Å². The molecule has 0 saturated carbocycles. The minimum Gasteiger partial charge on any atom is -0.497 e. The molecule has 1 N–H and O–H groups in total. The number of imidazole rings is 1. The van der Waals surface area contributed by atoms with E-state index in [2.05, 4.69) is 20.4 Å². The van der Waals surface area contributed by atoms with Crippen molar-refractivity contribution in [3.05, 3.63) is 48.4 Å². The van der Waals surface area contributed by atoms with Crippen LogP contribution < -0.4 is 10.1 Å². The average molecular weight is 384 g/mol. The number of nitrogens with one attached hydrogen (secondary N) is 1. The number of rotatable bonds is 7. The van der Waals surface area contributed by atoms with E-state index in [9.17, 15) is 4.79 Å². The molecule has 0 bridgehead atoms. The lowest BCUT2D eigenvalue weighted by Crippen LogP contribution is -2.38. The minimum atomic E-state index is -0.430. The van der Waals surface area contributed by atoms with Gasteiger partial charge in [0.1, 0.15) is 17.6 Å². The molecule has 28 heavy (non-hydrogen) atoms. The van der Waals surface area contributed by atoms with E-state index in [1.165, 1.54) is 0 Å². The van der Waals surface area contributed by atoms with Crippen LogP contribution in [0, 0.1) is 0 Å². The van der Waals surface area contributed by atoms with Crippen LogP contribution in [-0.2, 0) is 13.1 Å². The molecule has 0 spiro atoms. The Morgan fingerprint density at radius 3 is 2.79 bits per heavy atom. The zero-order chi connectivity index (χ0) is 20.1. The van der Waals surface area contributed by atoms with Gasteiger partial charge < -0.3 is 24.0 Å². The molecule has 0 saturated heterocycles. The van der Waals surface area contributed by atoms with E-state index in [4.69, 9.17) is 9.26 Å². The first-order chi connectivity index (χ1) is 13.5. The molecule has 0 aliphatic rings. The van der Waals surface area contributed by atoms with E-state index < -0.39 is 6.04 Å². The number of aromatic nitrogens is 4. The molecular formula is C19H24N6O3. The fourth-order valence-electron chi connectivity index (χ4n) is 2.69. The van der Waals surface area contributed by atoms with Crippen LogP contribution in [0.2, 0.25) is 0 Å². The van der Waals surface area contributed by atoms with Crippen molar-refractivity contribution < 1.29 is 14.1 Å². The molecule has 2 amide bonds. The Hall–Kier alpha value is -3.36. The van der Waals surface area contributed by atoms with Gasteiger partial charge in [0.2, 0.25) is 11.7 Å². The summed E-state index contributed by atoms with van der Waals surface area (Å²) < 4.78 is 12.5. The van der Waals surface area contributed by atoms with Gasteiger partial charge in [0, 0.05) is 31.5 Å². The molecule has 9 nitrogen and oxygen atoms in total. The van der Waals surface area contributed by atoms with E-state index >= 15 is 0 Å². The van der Waals surface area contributed by atoms with Crippen LogP contribution >= 0.6 is 0 Å². The van der Waals surface area contributed by atoms with Crippen LogP contribution in [0.4, 0.5) is 4.79 Å². The number of ether oxygens (including phenoxy) is 1. The van der Waals surface area contributed by atoms with Crippen molar-refractivity contribution in [2.75, 3.05) is 14.2 Å². The number of hydrogen-bond donors (Lipinski definition) is 1. The van der Waals surface area contributed by atoms with E-state index in [-0.39, 0.29) is 6.03 Å². The molecule has 2 heterocycles. The molecule has 148 valence electrons. The molecule has 2 aromatic heterocycles. The van der Waals surface area contributed by atoms with Crippen LogP contribution in [0.3, 0.4) is 0 Å². The fourth-order valence-corrected chi connectivity index (χ4v) is 2.69. The Kier molecular flexibility index (Phi) is 5.93. The zero-order valence-electron chi connectivity index (χ0n) is 16.4. The SMILES string of the molecule is CCn1ccnc1CN(C)C(=O)NC(C)c1nc(-c2ccc(OC)cc2)no1. The van der Waals surface area contributed by atoms with Gasteiger partial charge in [-0.25, -0.2) is 9.78 Å². The van der Waals surface area contributed by atoms with E-state index in [1.54, 1.807) is 32.2 Å². The average Bonchev–Trinajstić information content (AvgIpc) is 3.37. The van der Waals surface area contributed by atoms with Crippen molar-refractivity contribution in [3.8, 4) is 17.1 Å². The molecule has 3 aromatic rings. The second-order valence-electron chi connectivity index (χ2n) is 6.34. The monoisotopic (exact) mass is 384 g/mol. The standard InChI is InChI=1S/C19H24N6O3/c1-5-25-11-10-20-16(25)12-24(3)19(26)21-13(2)18-22-17(23-28-18)14-6-8-15(27-4)9-7-14/h6-11,13H,5,12H2,1-4H3,(H,21,26). The quantitative estimate of drug-likeness (QED) is 0.673. The maximum atomic E-state index is 12.5. The van der Waals surface area contributed by atoms with Crippen molar-refractivity contribution in [1.29, 1.82) is 0 Å². The zero-order valence-corrected chi connectivity index (χ0v) is 16.4. The number of nitrogens with zero attached hydrogens (tertiary/aromatic N) is 5. The molecule has 0 fully saturated rings. The summed E-state index contributed by atoms with van der Waals surface area (Å²) in [7, 11) is 3.33. The Morgan fingerprint density at radius 2 is 2.11 bits per heavy atom. The van der Waals surface area contributed by atoms with E-state index in [0.717, 1.165) is 23.7 Å². The normalized spacial score (nSPS) is 11.9. The molecule has 1 unspecified atom stereocenters. The highest BCUT2D eigenvalue weighted by Gasteiger charge is 2.20. The first-order valence-corrected chi connectivity index (χ1v) is 9.01. The third kappa shape index (κ3) is 4.30. The minimum absolute atomic E-state index is 0.248. The first kappa shape index (κ1) is 19.4. The van der Waals surface area contributed by atoms with Gasteiger partial charge in [0.25, 0.3) is 0 Å². The van der Waals surface area contributed by atoms with Crippen molar-refractivity contribution >= 4 is 6.03 Å². The maximum absolute atomic E-state index is 12.5. The molecule has 1 atom stereocenters. The molecular weight excluding hydrogens is 360 g/mol. The summed E-state index contributed by atoms with van der Waals surface area (Å²) in [5, 5.41) is 6.86. The maximum Gasteiger partial charge on any atom is 0.318 e. The Bertz CT molecular complexity index is 918. The largest absolute Gasteiger partial charge is 0.497 e. The molecule has 1 aromatic carbocycles. The second kappa shape index (κ2) is 8.55. The van der Waals surface area contributed by atoms with E-state index in [0.29, 0.717) is 18.3 Å². The predicted molar refractivity (Wildman–Crippen MR) is 103 cm³/mol. The molecule has 0 aliphatic heterocycles. The van der Waals surface area contributed by atoms with Crippen LogP contribution in [0.15, 0.2) is 41.2 Å². The summed E-state index contributed by atoms with van der Waals surface area (Å²) in [6.45, 7) is 5.03. The van der Waals surface area contributed by atoms with Gasteiger partial charge in [-0.05, 0) is 38.1 Å². The van der Waals surface area contributed by atoms with Crippen LogP contribution in [0.25, 0.3) is 11.4 Å².